The van der Waals surface area contributed by atoms with E-state index in [1.54, 1.807) is 19.1 Å². The number of anilines is 1. The Balaban J connectivity index is 2.87. The molecule has 1 atom stereocenters. The molecule has 0 aliphatic rings. The number of unbranched alkanes of at least 4 members (excludes halogenated alkanes) is 2. The number of hydrogen-bond acceptors (Lipinski definition) is 2. The van der Waals surface area contributed by atoms with E-state index >= 15 is 0 Å². The van der Waals surface area contributed by atoms with Gasteiger partial charge in [-0.15, -0.1) is 0 Å². The predicted molar refractivity (Wildman–Crippen MR) is 69.8 cm³/mol. The molecule has 0 aliphatic carbocycles. The minimum atomic E-state index is -0.644. The number of rotatable bonds is 6. The molecule has 0 bridgehead atoms. The highest BCUT2D eigenvalue weighted by atomic mass is 19.1. The molecule has 3 heteroatoms. The SMILES string of the molecule is CCCCCN(C)c1c(F)cccc1C(C)O. The molecule has 17 heavy (non-hydrogen) atoms. The molecule has 0 aromatic heterocycles. The Kier molecular flexibility index (Phi) is 5.42. The molecule has 0 radical (unpaired) electrons. The van der Waals surface area contributed by atoms with Crippen molar-refractivity contribution in [1.29, 1.82) is 0 Å². The number of hydrogen-bond donors (Lipinski definition) is 1. The van der Waals surface area contributed by atoms with Crippen molar-refractivity contribution in [3.63, 3.8) is 0 Å². The monoisotopic (exact) mass is 239 g/mol. The first kappa shape index (κ1) is 14.0. The number of halogens is 1. The highest BCUT2D eigenvalue weighted by Gasteiger charge is 2.15. The molecule has 1 unspecified atom stereocenters. The average Bonchev–Trinajstić information content (AvgIpc) is 2.28. The van der Waals surface area contributed by atoms with Gasteiger partial charge in [0.15, 0.2) is 0 Å². The lowest BCUT2D eigenvalue weighted by Crippen LogP contribution is -2.21. The Morgan fingerprint density at radius 3 is 2.65 bits per heavy atom. The van der Waals surface area contributed by atoms with Crippen LogP contribution < -0.4 is 4.90 Å². The highest BCUT2D eigenvalue weighted by Crippen LogP contribution is 2.28. The Hall–Kier alpha value is -1.09. The van der Waals surface area contributed by atoms with Gasteiger partial charge in [0.05, 0.1) is 11.8 Å². The molecule has 96 valence electrons. The molecule has 1 rings (SSSR count). The zero-order valence-electron chi connectivity index (χ0n) is 10.9. The lowest BCUT2D eigenvalue weighted by molar-refractivity contribution is 0.199. The van der Waals surface area contributed by atoms with Gasteiger partial charge >= 0.3 is 0 Å². The summed E-state index contributed by atoms with van der Waals surface area (Å²) in [5, 5.41) is 9.66. The van der Waals surface area contributed by atoms with Gasteiger partial charge in [0.2, 0.25) is 0 Å². The van der Waals surface area contributed by atoms with Crippen LogP contribution in [0.25, 0.3) is 0 Å². The summed E-state index contributed by atoms with van der Waals surface area (Å²) in [7, 11) is 1.87. The molecule has 0 amide bonds. The molecule has 1 aromatic carbocycles. The number of nitrogens with zero attached hydrogens (tertiary/aromatic N) is 1. The Morgan fingerprint density at radius 2 is 2.06 bits per heavy atom. The maximum Gasteiger partial charge on any atom is 0.146 e. The van der Waals surface area contributed by atoms with E-state index in [1.165, 1.54) is 6.07 Å². The normalized spacial score (nSPS) is 12.5. The summed E-state index contributed by atoms with van der Waals surface area (Å²) in [5.41, 5.74) is 1.18. The number of benzene rings is 1. The van der Waals surface area contributed by atoms with Gasteiger partial charge in [0.25, 0.3) is 0 Å². The number of aliphatic hydroxyl groups excluding tert-OH is 1. The third-order valence-electron chi connectivity index (χ3n) is 2.95. The van der Waals surface area contributed by atoms with E-state index in [4.69, 9.17) is 0 Å². The third-order valence-corrected chi connectivity index (χ3v) is 2.95. The summed E-state index contributed by atoms with van der Waals surface area (Å²) in [5.74, 6) is -0.262. The fraction of sp³-hybridized carbons (Fsp3) is 0.571. The molecule has 0 saturated carbocycles. The smallest absolute Gasteiger partial charge is 0.146 e. The minimum absolute atomic E-state index is 0.262. The van der Waals surface area contributed by atoms with Crippen LogP contribution in [-0.2, 0) is 0 Å². The lowest BCUT2D eigenvalue weighted by atomic mass is 10.1. The van der Waals surface area contributed by atoms with E-state index in [0.29, 0.717) is 11.3 Å². The van der Waals surface area contributed by atoms with E-state index in [9.17, 15) is 9.50 Å². The van der Waals surface area contributed by atoms with E-state index in [-0.39, 0.29) is 5.82 Å². The molecule has 0 saturated heterocycles. The second-order valence-electron chi connectivity index (χ2n) is 4.48. The van der Waals surface area contributed by atoms with Crippen LogP contribution in [0.15, 0.2) is 18.2 Å². The standard InChI is InChI=1S/C14H22FNO/c1-4-5-6-10-16(3)14-12(11(2)17)8-7-9-13(14)15/h7-9,11,17H,4-6,10H2,1-3H3. The molecule has 1 aromatic rings. The van der Waals surface area contributed by atoms with Crippen LogP contribution in [0.4, 0.5) is 10.1 Å². The number of aliphatic hydroxyl groups is 1. The van der Waals surface area contributed by atoms with Gasteiger partial charge in [-0.3, -0.25) is 0 Å². The van der Waals surface area contributed by atoms with Crippen molar-refractivity contribution < 1.29 is 9.50 Å². The molecular formula is C14H22FNO. The molecule has 1 N–H and O–H groups in total. The first-order valence-corrected chi connectivity index (χ1v) is 6.25. The van der Waals surface area contributed by atoms with Gasteiger partial charge in [-0.05, 0) is 19.4 Å². The largest absolute Gasteiger partial charge is 0.389 e. The van der Waals surface area contributed by atoms with Crippen LogP contribution in [0.5, 0.6) is 0 Å². The van der Waals surface area contributed by atoms with Crippen LogP contribution in [0.1, 0.15) is 44.8 Å². The molecule has 0 fully saturated rings. The summed E-state index contributed by atoms with van der Waals surface area (Å²) in [4.78, 5) is 1.90. The minimum Gasteiger partial charge on any atom is -0.389 e. The van der Waals surface area contributed by atoms with Crippen molar-refractivity contribution in [1.82, 2.24) is 0 Å². The van der Waals surface area contributed by atoms with Crippen molar-refractivity contribution in [2.75, 3.05) is 18.5 Å². The molecule has 2 nitrogen and oxygen atoms in total. The van der Waals surface area contributed by atoms with Gasteiger partial charge < -0.3 is 10.0 Å². The fourth-order valence-electron chi connectivity index (χ4n) is 1.98. The van der Waals surface area contributed by atoms with Crippen LogP contribution in [-0.4, -0.2) is 18.7 Å². The van der Waals surface area contributed by atoms with Crippen molar-refractivity contribution in [3.8, 4) is 0 Å². The molecule has 0 heterocycles. The van der Waals surface area contributed by atoms with E-state index in [2.05, 4.69) is 6.92 Å². The highest BCUT2D eigenvalue weighted by molar-refractivity contribution is 5.55. The molecular weight excluding hydrogens is 217 g/mol. The van der Waals surface area contributed by atoms with Crippen LogP contribution >= 0.6 is 0 Å². The average molecular weight is 239 g/mol. The maximum atomic E-state index is 13.8. The van der Waals surface area contributed by atoms with Gasteiger partial charge in [0.1, 0.15) is 5.82 Å². The van der Waals surface area contributed by atoms with Crippen LogP contribution in [0, 0.1) is 5.82 Å². The van der Waals surface area contributed by atoms with Crippen molar-refractivity contribution >= 4 is 5.69 Å². The topological polar surface area (TPSA) is 23.5 Å². The Labute approximate surface area is 103 Å². The van der Waals surface area contributed by atoms with Gasteiger partial charge in [-0.1, -0.05) is 31.9 Å². The van der Waals surface area contributed by atoms with E-state index < -0.39 is 6.10 Å². The molecule has 0 aliphatic heterocycles. The second-order valence-corrected chi connectivity index (χ2v) is 4.48. The second kappa shape index (κ2) is 6.60. The van der Waals surface area contributed by atoms with Gasteiger partial charge in [-0.25, -0.2) is 4.39 Å². The zero-order valence-corrected chi connectivity index (χ0v) is 10.9. The van der Waals surface area contributed by atoms with E-state index in [1.807, 2.05) is 11.9 Å². The van der Waals surface area contributed by atoms with Crippen molar-refractivity contribution in [2.45, 2.75) is 39.2 Å². The van der Waals surface area contributed by atoms with Gasteiger partial charge in [0, 0.05) is 19.2 Å². The zero-order chi connectivity index (χ0) is 12.8. The van der Waals surface area contributed by atoms with E-state index in [0.717, 1.165) is 25.8 Å². The number of para-hydroxylation sites is 1. The fourth-order valence-corrected chi connectivity index (χ4v) is 1.98. The van der Waals surface area contributed by atoms with Crippen LogP contribution in [0.2, 0.25) is 0 Å². The summed E-state index contributed by atoms with van der Waals surface area (Å²) in [6, 6.07) is 4.86. The maximum absolute atomic E-state index is 13.8. The van der Waals surface area contributed by atoms with Crippen molar-refractivity contribution in [3.05, 3.63) is 29.6 Å². The summed E-state index contributed by atoms with van der Waals surface area (Å²) >= 11 is 0. The van der Waals surface area contributed by atoms with Crippen molar-refractivity contribution in [2.24, 2.45) is 0 Å². The third kappa shape index (κ3) is 3.70. The Bertz CT molecular complexity index is 352. The summed E-state index contributed by atoms with van der Waals surface area (Å²) in [6.45, 7) is 4.62. The van der Waals surface area contributed by atoms with Crippen LogP contribution in [0.3, 0.4) is 0 Å². The lowest BCUT2D eigenvalue weighted by Gasteiger charge is -2.24. The molecule has 0 spiro atoms. The summed E-state index contributed by atoms with van der Waals surface area (Å²) < 4.78 is 13.8. The van der Waals surface area contributed by atoms with Gasteiger partial charge in [-0.2, -0.15) is 0 Å². The quantitative estimate of drug-likeness (QED) is 0.768. The predicted octanol–water partition coefficient (Wildman–Crippen LogP) is 3.51. The first-order valence-electron chi connectivity index (χ1n) is 6.25. The summed E-state index contributed by atoms with van der Waals surface area (Å²) in [6.07, 6.45) is 2.69. The first-order chi connectivity index (χ1) is 8.07. The Morgan fingerprint density at radius 1 is 1.35 bits per heavy atom.